The van der Waals surface area contributed by atoms with Crippen molar-refractivity contribution < 1.29 is 24.2 Å². The fourth-order valence-corrected chi connectivity index (χ4v) is 2.33. The maximum absolute atomic E-state index is 12.4. The molecular weight excluding hydrogens is 320 g/mol. The highest BCUT2D eigenvalue weighted by Gasteiger charge is 2.15. The van der Waals surface area contributed by atoms with E-state index in [9.17, 15) is 9.59 Å². The molecule has 0 amide bonds. The van der Waals surface area contributed by atoms with E-state index >= 15 is 0 Å². The topological polar surface area (TPSA) is 72.8 Å². The summed E-state index contributed by atoms with van der Waals surface area (Å²) in [6.07, 6.45) is 4.33. The van der Waals surface area contributed by atoms with Crippen LogP contribution in [0.4, 0.5) is 0 Å². The zero-order valence-corrected chi connectivity index (χ0v) is 14.2. The maximum atomic E-state index is 12.4. The van der Waals surface area contributed by atoms with Crippen molar-refractivity contribution in [1.29, 1.82) is 0 Å². The van der Waals surface area contributed by atoms with Gasteiger partial charge < -0.3 is 14.6 Å². The first-order valence-corrected chi connectivity index (χ1v) is 8.39. The first kappa shape index (κ1) is 18.5. The summed E-state index contributed by atoms with van der Waals surface area (Å²) < 4.78 is 11.0. The highest BCUT2D eigenvalue weighted by atomic mass is 16.5. The second-order valence-electron chi connectivity index (χ2n) is 5.63. The minimum Gasteiger partial charge on any atom is -0.493 e. The fraction of sp³-hybridized carbons (Fsp3) is 0.300. The summed E-state index contributed by atoms with van der Waals surface area (Å²) in [5.41, 5.74) is 0.379. The van der Waals surface area contributed by atoms with Crippen LogP contribution in [0.3, 0.4) is 0 Å². The number of carboxylic acids is 1. The van der Waals surface area contributed by atoms with E-state index in [1.807, 2.05) is 0 Å². The molecule has 25 heavy (non-hydrogen) atoms. The lowest BCUT2D eigenvalue weighted by molar-refractivity contribution is 0.0686. The molecule has 0 radical (unpaired) electrons. The smallest absolute Gasteiger partial charge is 0.347 e. The standard InChI is InChI=1S/C20H22O5/c1-2-3-4-7-13-24-18-12-6-5-11-17(18)20(23)25-16-10-8-9-15(14-16)19(21)22/h5-6,8-12,14H,2-4,7,13H2,1H3,(H,21,22). The summed E-state index contributed by atoms with van der Waals surface area (Å²) in [5.74, 6) is -0.999. The van der Waals surface area contributed by atoms with Gasteiger partial charge in [-0.15, -0.1) is 0 Å². The number of para-hydroxylation sites is 1. The average molecular weight is 342 g/mol. The molecule has 0 fully saturated rings. The lowest BCUT2D eigenvalue weighted by Crippen LogP contribution is -2.11. The van der Waals surface area contributed by atoms with Gasteiger partial charge >= 0.3 is 11.9 Å². The number of carbonyl (C=O) groups is 2. The van der Waals surface area contributed by atoms with Crippen LogP contribution in [0.5, 0.6) is 11.5 Å². The van der Waals surface area contributed by atoms with Crippen molar-refractivity contribution in [2.45, 2.75) is 32.6 Å². The molecule has 0 unspecified atom stereocenters. The molecule has 0 aliphatic carbocycles. The number of hydrogen-bond donors (Lipinski definition) is 1. The second-order valence-corrected chi connectivity index (χ2v) is 5.63. The molecule has 0 aromatic heterocycles. The molecule has 0 spiro atoms. The highest BCUT2D eigenvalue weighted by Crippen LogP contribution is 2.22. The lowest BCUT2D eigenvalue weighted by Gasteiger charge is -2.11. The Hall–Kier alpha value is -2.82. The van der Waals surface area contributed by atoms with Gasteiger partial charge in [0.2, 0.25) is 0 Å². The van der Waals surface area contributed by atoms with Crippen molar-refractivity contribution in [2.75, 3.05) is 6.61 Å². The van der Waals surface area contributed by atoms with E-state index in [0.717, 1.165) is 25.7 Å². The van der Waals surface area contributed by atoms with E-state index in [0.29, 0.717) is 17.9 Å². The predicted molar refractivity (Wildman–Crippen MR) is 94.4 cm³/mol. The van der Waals surface area contributed by atoms with E-state index < -0.39 is 11.9 Å². The van der Waals surface area contributed by atoms with Crippen LogP contribution in [0.15, 0.2) is 48.5 Å². The van der Waals surface area contributed by atoms with Crippen molar-refractivity contribution in [3.05, 3.63) is 59.7 Å². The van der Waals surface area contributed by atoms with Crippen LogP contribution in [0, 0.1) is 0 Å². The highest BCUT2D eigenvalue weighted by molar-refractivity contribution is 5.94. The monoisotopic (exact) mass is 342 g/mol. The van der Waals surface area contributed by atoms with Gasteiger partial charge in [-0.2, -0.15) is 0 Å². The van der Waals surface area contributed by atoms with E-state index in [2.05, 4.69) is 6.92 Å². The van der Waals surface area contributed by atoms with Crippen LogP contribution in [-0.4, -0.2) is 23.7 Å². The van der Waals surface area contributed by atoms with E-state index in [1.165, 1.54) is 18.2 Å². The summed E-state index contributed by atoms with van der Waals surface area (Å²) >= 11 is 0. The van der Waals surface area contributed by atoms with Gasteiger partial charge in [-0.05, 0) is 36.8 Å². The third kappa shape index (κ3) is 5.64. The van der Waals surface area contributed by atoms with E-state index in [1.54, 1.807) is 30.3 Å². The van der Waals surface area contributed by atoms with Crippen LogP contribution in [0.1, 0.15) is 53.3 Å². The quantitative estimate of drug-likeness (QED) is 0.411. The Morgan fingerprint density at radius 2 is 1.80 bits per heavy atom. The normalized spacial score (nSPS) is 10.3. The van der Waals surface area contributed by atoms with Gasteiger partial charge in [0.1, 0.15) is 17.1 Å². The first-order chi connectivity index (χ1) is 12.1. The molecule has 2 aromatic carbocycles. The van der Waals surface area contributed by atoms with Gasteiger partial charge in [0.15, 0.2) is 0 Å². The Morgan fingerprint density at radius 1 is 1.00 bits per heavy atom. The molecule has 0 aliphatic heterocycles. The Morgan fingerprint density at radius 3 is 2.56 bits per heavy atom. The van der Waals surface area contributed by atoms with Gasteiger partial charge in [0.25, 0.3) is 0 Å². The van der Waals surface area contributed by atoms with Crippen LogP contribution in [0.2, 0.25) is 0 Å². The number of ether oxygens (including phenoxy) is 2. The van der Waals surface area contributed by atoms with Gasteiger partial charge in [-0.25, -0.2) is 9.59 Å². The van der Waals surface area contributed by atoms with E-state index in [-0.39, 0.29) is 11.3 Å². The Bertz CT molecular complexity index is 724. The second kappa shape index (κ2) is 9.47. The summed E-state index contributed by atoms with van der Waals surface area (Å²) in [6.45, 7) is 2.68. The van der Waals surface area contributed by atoms with Gasteiger partial charge in [-0.1, -0.05) is 44.4 Å². The van der Waals surface area contributed by atoms with E-state index in [4.69, 9.17) is 14.6 Å². The van der Waals surface area contributed by atoms with Crippen molar-refractivity contribution >= 4 is 11.9 Å². The molecule has 0 atom stereocenters. The maximum Gasteiger partial charge on any atom is 0.347 e. The van der Waals surface area contributed by atoms with Gasteiger partial charge in [0.05, 0.1) is 12.2 Å². The predicted octanol–water partition coefficient (Wildman–Crippen LogP) is 4.56. The molecule has 5 nitrogen and oxygen atoms in total. The number of aromatic carboxylic acids is 1. The summed E-state index contributed by atoms with van der Waals surface area (Å²) in [6, 6.07) is 12.7. The van der Waals surface area contributed by atoms with Crippen LogP contribution in [0.25, 0.3) is 0 Å². The molecule has 0 aliphatic rings. The van der Waals surface area contributed by atoms with Crippen molar-refractivity contribution in [3.8, 4) is 11.5 Å². The number of rotatable bonds is 9. The molecule has 0 saturated heterocycles. The molecule has 2 rings (SSSR count). The van der Waals surface area contributed by atoms with Crippen molar-refractivity contribution in [3.63, 3.8) is 0 Å². The Labute approximate surface area is 147 Å². The van der Waals surface area contributed by atoms with Crippen molar-refractivity contribution in [1.82, 2.24) is 0 Å². The lowest BCUT2D eigenvalue weighted by atomic mass is 10.2. The van der Waals surface area contributed by atoms with Crippen molar-refractivity contribution in [2.24, 2.45) is 0 Å². The van der Waals surface area contributed by atoms with Gasteiger partial charge in [0, 0.05) is 0 Å². The Balaban J connectivity index is 2.04. The number of carboxylic acid groups (broad SMARTS) is 1. The first-order valence-electron chi connectivity index (χ1n) is 8.39. The molecule has 5 heteroatoms. The molecule has 2 aromatic rings. The summed E-state index contributed by atoms with van der Waals surface area (Å²) in [4.78, 5) is 23.4. The minimum absolute atomic E-state index is 0.0609. The number of benzene rings is 2. The number of hydrogen-bond acceptors (Lipinski definition) is 4. The third-order valence-corrected chi connectivity index (χ3v) is 3.65. The number of esters is 1. The third-order valence-electron chi connectivity index (χ3n) is 3.65. The average Bonchev–Trinajstić information content (AvgIpc) is 2.62. The molecule has 132 valence electrons. The molecular formula is C20H22O5. The largest absolute Gasteiger partial charge is 0.493 e. The summed E-state index contributed by atoms with van der Waals surface area (Å²) in [7, 11) is 0. The number of unbranched alkanes of at least 4 members (excludes halogenated alkanes) is 3. The fourth-order valence-electron chi connectivity index (χ4n) is 2.33. The molecule has 0 bridgehead atoms. The van der Waals surface area contributed by atoms with Crippen LogP contribution < -0.4 is 9.47 Å². The van der Waals surface area contributed by atoms with Gasteiger partial charge in [-0.3, -0.25) is 0 Å². The molecule has 0 heterocycles. The SMILES string of the molecule is CCCCCCOc1ccccc1C(=O)Oc1cccc(C(=O)O)c1. The number of carbonyl (C=O) groups excluding carboxylic acids is 1. The minimum atomic E-state index is -1.08. The van der Waals surface area contributed by atoms with Crippen LogP contribution >= 0.6 is 0 Å². The Kier molecular flexibility index (Phi) is 7.01. The summed E-state index contributed by atoms with van der Waals surface area (Å²) in [5, 5.41) is 9.00. The molecule has 1 N–H and O–H groups in total. The zero-order chi connectivity index (χ0) is 18.1. The zero-order valence-electron chi connectivity index (χ0n) is 14.2. The van der Waals surface area contributed by atoms with Crippen LogP contribution in [-0.2, 0) is 0 Å². The molecule has 0 saturated carbocycles.